The van der Waals surface area contributed by atoms with Crippen molar-refractivity contribution < 1.29 is 33.4 Å². The summed E-state index contributed by atoms with van der Waals surface area (Å²) in [5.74, 6) is -2.84. The first-order valence-corrected chi connectivity index (χ1v) is 15.9. The minimum absolute atomic E-state index is 0.0523. The van der Waals surface area contributed by atoms with Crippen LogP contribution in [0.3, 0.4) is 0 Å². The number of unbranched alkanes of at least 4 members (excludes halogenated alkanes) is 1. The maximum atomic E-state index is 13.9. The number of nitrogens with zero attached hydrogens (tertiary/aromatic N) is 2. The Morgan fingerprint density at radius 2 is 1.56 bits per heavy atom. The number of hydrogen-bond donors (Lipinski definition) is 2. The van der Waals surface area contributed by atoms with Gasteiger partial charge in [0.05, 0.1) is 19.0 Å². The second-order valence-electron chi connectivity index (χ2n) is 12.8. The van der Waals surface area contributed by atoms with Crippen molar-refractivity contribution in [1.29, 1.82) is 5.26 Å². The summed E-state index contributed by atoms with van der Waals surface area (Å²) in [6.45, 7) is 7.78. The lowest BCUT2D eigenvalue weighted by Crippen LogP contribution is -2.55. The van der Waals surface area contributed by atoms with Gasteiger partial charge in [-0.15, -0.1) is 0 Å². The number of ketones is 1. The standard InChI is InChI=1S/C37H44N4O7/c1-25(2)34(40-35(45)28-18-17-26-13-9-10-14-27(26)21-28)36(46)41(20-12-11-19-38)23-32(43)39-30(22-33(44)48-37(3,4)5)31(42)24-47-29-15-7-6-8-16-29/h6-10,13-18,21,25,30,34H,11-12,20,22-24H2,1-5H3,(H,39,43)(H,40,45)/t30-,34-/m0/s1. The summed E-state index contributed by atoms with van der Waals surface area (Å²) in [5.41, 5.74) is -0.440. The molecule has 0 fully saturated rings. The molecule has 3 rings (SSSR count). The van der Waals surface area contributed by atoms with E-state index in [0.29, 0.717) is 11.3 Å². The van der Waals surface area contributed by atoms with Crippen LogP contribution in [0.4, 0.5) is 0 Å². The molecule has 2 atom stereocenters. The third kappa shape index (κ3) is 11.8. The van der Waals surface area contributed by atoms with Crippen LogP contribution >= 0.6 is 0 Å². The van der Waals surface area contributed by atoms with Gasteiger partial charge < -0.3 is 25.0 Å². The topological polar surface area (TPSA) is 155 Å². The van der Waals surface area contributed by atoms with Crippen LogP contribution in [0.2, 0.25) is 0 Å². The highest BCUT2D eigenvalue weighted by Gasteiger charge is 2.32. The zero-order valence-corrected chi connectivity index (χ0v) is 28.2. The maximum Gasteiger partial charge on any atom is 0.308 e. The van der Waals surface area contributed by atoms with E-state index in [2.05, 4.69) is 10.6 Å². The van der Waals surface area contributed by atoms with Crippen molar-refractivity contribution in [2.75, 3.05) is 19.7 Å². The molecular formula is C37H44N4O7. The van der Waals surface area contributed by atoms with Gasteiger partial charge in [-0.3, -0.25) is 24.0 Å². The molecule has 0 aliphatic carbocycles. The van der Waals surface area contributed by atoms with Crippen LogP contribution in [0.25, 0.3) is 10.8 Å². The Hall–Kier alpha value is -5.24. The van der Waals surface area contributed by atoms with Gasteiger partial charge in [0.1, 0.15) is 30.0 Å². The zero-order chi connectivity index (χ0) is 35.3. The van der Waals surface area contributed by atoms with Crippen LogP contribution in [-0.2, 0) is 23.9 Å². The Morgan fingerprint density at radius 1 is 0.896 bits per heavy atom. The average molecular weight is 657 g/mol. The molecule has 0 aliphatic rings. The molecule has 3 amide bonds. The second-order valence-corrected chi connectivity index (χ2v) is 12.8. The summed E-state index contributed by atoms with van der Waals surface area (Å²) >= 11 is 0. The van der Waals surface area contributed by atoms with Crippen molar-refractivity contribution in [3.05, 3.63) is 78.4 Å². The largest absolute Gasteiger partial charge is 0.486 e. The molecule has 2 N–H and O–H groups in total. The molecule has 11 heteroatoms. The molecule has 0 bridgehead atoms. The molecule has 0 aliphatic heterocycles. The van der Waals surface area contributed by atoms with Crippen molar-refractivity contribution in [2.45, 2.75) is 71.6 Å². The highest BCUT2D eigenvalue weighted by atomic mass is 16.6. The molecule has 254 valence electrons. The molecule has 0 saturated heterocycles. The summed E-state index contributed by atoms with van der Waals surface area (Å²) in [6, 6.07) is 21.2. The number of fused-ring (bicyclic) bond motifs is 1. The number of carbonyl (C=O) groups excluding carboxylic acids is 5. The molecule has 0 aromatic heterocycles. The van der Waals surface area contributed by atoms with Crippen LogP contribution in [0, 0.1) is 17.2 Å². The van der Waals surface area contributed by atoms with Crippen LogP contribution in [0.15, 0.2) is 72.8 Å². The smallest absolute Gasteiger partial charge is 0.308 e. The van der Waals surface area contributed by atoms with E-state index in [1.165, 1.54) is 4.90 Å². The molecule has 0 saturated carbocycles. The van der Waals surface area contributed by atoms with E-state index in [0.717, 1.165) is 10.8 Å². The number of nitriles is 1. The van der Waals surface area contributed by atoms with Crippen molar-refractivity contribution >= 4 is 40.2 Å². The fourth-order valence-electron chi connectivity index (χ4n) is 4.86. The van der Waals surface area contributed by atoms with Gasteiger partial charge in [0.2, 0.25) is 11.8 Å². The van der Waals surface area contributed by atoms with E-state index in [1.54, 1.807) is 77.1 Å². The average Bonchev–Trinajstić information content (AvgIpc) is 3.04. The number of Topliss-reactive ketones (excluding diaryl/α,β-unsaturated/α-hetero) is 1. The van der Waals surface area contributed by atoms with Crippen LogP contribution in [-0.4, -0.2) is 71.8 Å². The van der Waals surface area contributed by atoms with Gasteiger partial charge in [-0.25, -0.2) is 0 Å². The predicted molar refractivity (Wildman–Crippen MR) is 181 cm³/mol. The van der Waals surface area contributed by atoms with Gasteiger partial charge in [0, 0.05) is 18.5 Å². The molecule has 0 unspecified atom stereocenters. The lowest BCUT2D eigenvalue weighted by atomic mass is 10.0. The van der Waals surface area contributed by atoms with Gasteiger partial charge in [-0.2, -0.15) is 5.26 Å². The summed E-state index contributed by atoms with van der Waals surface area (Å²) < 4.78 is 10.9. The van der Waals surface area contributed by atoms with Crippen molar-refractivity contribution in [1.82, 2.24) is 15.5 Å². The zero-order valence-electron chi connectivity index (χ0n) is 28.2. The number of carbonyl (C=O) groups is 5. The van der Waals surface area contributed by atoms with E-state index < -0.39 is 66.7 Å². The Kier molecular flexibility index (Phi) is 13.7. The highest BCUT2D eigenvalue weighted by Crippen LogP contribution is 2.17. The molecule has 0 heterocycles. The molecular weight excluding hydrogens is 612 g/mol. The van der Waals surface area contributed by atoms with Gasteiger partial charge in [0.15, 0.2) is 5.78 Å². The van der Waals surface area contributed by atoms with Crippen LogP contribution < -0.4 is 15.4 Å². The number of hydrogen-bond acceptors (Lipinski definition) is 8. The minimum Gasteiger partial charge on any atom is -0.486 e. The Balaban J connectivity index is 1.77. The first-order chi connectivity index (χ1) is 22.8. The molecule has 3 aromatic carbocycles. The fourth-order valence-corrected chi connectivity index (χ4v) is 4.86. The van der Waals surface area contributed by atoms with E-state index in [9.17, 15) is 24.0 Å². The Bertz CT molecular complexity index is 1630. The predicted octanol–water partition coefficient (Wildman–Crippen LogP) is 4.59. The number of benzene rings is 3. The highest BCUT2D eigenvalue weighted by molar-refractivity contribution is 6.01. The normalized spacial score (nSPS) is 12.4. The summed E-state index contributed by atoms with van der Waals surface area (Å²) in [6.07, 6.45) is -0.0271. The van der Waals surface area contributed by atoms with E-state index in [1.807, 2.05) is 36.4 Å². The van der Waals surface area contributed by atoms with Crippen molar-refractivity contribution in [3.8, 4) is 11.8 Å². The Morgan fingerprint density at radius 3 is 2.21 bits per heavy atom. The second kappa shape index (κ2) is 17.6. The number of amides is 3. The van der Waals surface area contributed by atoms with Gasteiger partial charge >= 0.3 is 5.97 Å². The lowest BCUT2D eigenvalue weighted by Gasteiger charge is -2.30. The quantitative estimate of drug-likeness (QED) is 0.168. The van der Waals surface area contributed by atoms with Gasteiger partial charge in [-0.05, 0) is 68.1 Å². The third-order valence-electron chi connectivity index (χ3n) is 7.23. The van der Waals surface area contributed by atoms with Crippen LogP contribution in [0.1, 0.15) is 64.2 Å². The number of rotatable bonds is 16. The first-order valence-electron chi connectivity index (χ1n) is 15.9. The monoisotopic (exact) mass is 656 g/mol. The minimum atomic E-state index is -1.29. The number of esters is 1. The van der Waals surface area contributed by atoms with Crippen LogP contribution in [0.5, 0.6) is 5.75 Å². The summed E-state index contributed by atoms with van der Waals surface area (Å²) in [7, 11) is 0. The third-order valence-corrected chi connectivity index (χ3v) is 7.23. The first kappa shape index (κ1) is 37.2. The van der Waals surface area contributed by atoms with Gasteiger partial charge in [0.25, 0.3) is 5.91 Å². The van der Waals surface area contributed by atoms with E-state index >= 15 is 0 Å². The Labute approximate surface area is 281 Å². The molecule has 48 heavy (non-hydrogen) atoms. The van der Waals surface area contributed by atoms with Crippen molar-refractivity contribution in [3.63, 3.8) is 0 Å². The number of nitrogens with one attached hydrogen (secondary N) is 2. The van der Waals surface area contributed by atoms with E-state index in [-0.39, 0.29) is 25.3 Å². The summed E-state index contributed by atoms with van der Waals surface area (Å²) in [4.78, 5) is 67.8. The number of ether oxygens (including phenoxy) is 2. The molecule has 11 nitrogen and oxygen atoms in total. The summed E-state index contributed by atoms with van der Waals surface area (Å²) in [5, 5.41) is 16.4. The molecule has 0 spiro atoms. The van der Waals surface area contributed by atoms with Crippen molar-refractivity contribution in [2.24, 2.45) is 5.92 Å². The maximum absolute atomic E-state index is 13.9. The molecule has 0 radical (unpaired) electrons. The lowest BCUT2D eigenvalue weighted by molar-refractivity contribution is -0.156. The SMILES string of the molecule is CC(C)[C@H](NC(=O)c1ccc2ccccc2c1)C(=O)N(CCCC#N)CC(=O)N[C@@H](CC(=O)OC(C)(C)C)C(=O)COc1ccccc1. The van der Waals surface area contributed by atoms with E-state index in [4.69, 9.17) is 14.7 Å². The fraction of sp³-hybridized carbons (Fsp3) is 0.405. The molecule has 3 aromatic rings. The number of para-hydroxylation sites is 1. The van der Waals surface area contributed by atoms with Gasteiger partial charge in [-0.1, -0.05) is 62.4 Å².